The van der Waals surface area contributed by atoms with Crippen LogP contribution in [0.2, 0.25) is 19.6 Å². The van der Waals surface area contributed by atoms with E-state index in [1.165, 1.54) is 41.5 Å². The second-order valence-corrected chi connectivity index (χ2v) is 23.6. The molecule has 5 heteroatoms. The summed E-state index contributed by atoms with van der Waals surface area (Å²) >= 11 is 1.85. The van der Waals surface area contributed by atoms with Gasteiger partial charge in [0.1, 0.15) is 5.82 Å². The maximum absolute atomic E-state index is 17.3. The SMILES string of the molecule is C[Si](C)(C)c1ccc(N(c2ccccc2)c2ccc3c(c2)sc2c4ccc(N(c5ccccc5)c5c(F)cc(-c6ccccc6)cc5-c5ccccc5)cc4c4ccccc4c32)cc1. The third-order valence-corrected chi connectivity index (χ3v) is 15.7. The monoisotopic (exact) mass is 860 g/mol. The number of nitrogens with zero attached hydrogens (tertiary/aromatic N) is 2. The third-order valence-electron chi connectivity index (χ3n) is 12.4. The van der Waals surface area contributed by atoms with E-state index in [1.54, 1.807) is 6.07 Å². The van der Waals surface area contributed by atoms with Crippen molar-refractivity contribution in [1.82, 2.24) is 0 Å². The molecule has 0 radical (unpaired) electrons. The van der Waals surface area contributed by atoms with Gasteiger partial charge in [0.2, 0.25) is 0 Å². The first-order valence-corrected chi connectivity index (χ1v) is 26.2. The zero-order valence-corrected chi connectivity index (χ0v) is 37.8. The van der Waals surface area contributed by atoms with Crippen molar-refractivity contribution >= 4 is 100 Å². The maximum Gasteiger partial charge on any atom is 0.148 e. The van der Waals surface area contributed by atoms with Crippen molar-refractivity contribution in [2.75, 3.05) is 9.80 Å². The lowest BCUT2D eigenvalue weighted by molar-refractivity contribution is 0.630. The van der Waals surface area contributed by atoms with E-state index in [2.05, 4.69) is 175 Å². The molecule has 0 N–H and O–H groups in total. The molecule has 0 unspecified atom stereocenters. The standard InChI is InChI=1S/C59H45FN2SSi/c1-64(2,3)48-32-28-45(29-33-48)61(43-22-12-6-13-23-43)47-31-35-52-56(39-47)63-59-51-34-30-46(38-54(51)49-26-16-17-27-50(49)57(52)59)62(44-24-14-7-15-25-44)58-53(41-20-10-5-11-21-41)36-42(37-55(58)60)40-18-8-4-9-19-40/h4-39H,1-3H3. The molecule has 1 aromatic heterocycles. The summed E-state index contributed by atoms with van der Waals surface area (Å²) in [6, 6.07) is 76.5. The Morgan fingerprint density at radius 3 is 1.55 bits per heavy atom. The first-order valence-electron chi connectivity index (χ1n) is 21.9. The van der Waals surface area contributed by atoms with Crippen LogP contribution in [0.25, 0.3) is 64.0 Å². The van der Waals surface area contributed by atoms with Crippen molar-refractivity contribution < 1.29 is 4.39 Å². The van der Waals surface area contributed by atoms with E-state index >= 15 is 4.39 Å². The van der Waals surface area contributed by atoms with Gasteiger partial charge in [-0.1, -0.05) is 170 Å². The molecular weight excluding hydrogens is 816 g/mol. The van der Waals surface area contributed by atoms with Gasteiger partial charge in [0.25, 0.3) is 0 Å². The van der Waals surface area contributed by atoms with E-state index < -0.39 is 8.07 Å². The molecule has 308 valence electrons. The van der Waals surface area contributed by atoms with Gasteiger partial charge in [-0.05, 0) is 106 Å². The number of rotatable bonds is 9. The molecule has 0 saturated heterocycles. The summed E-state index contributed by atoms with van der Waals surface area (Å²) in [7, 11) is -1.46. The fraction of sp³-hybridized carbons (Fsp3) is 0.0508. The van der Waals surface area contributed by atoms with Gasteiger partial charge >= 0.3 is 0 Å². The second kappa shape index (κ2) is 16.1. The number of halogens is 1. The van der Waals surface area contributed by atoms with Crippen molar-refractivity contribution in [2.24, 2.45) is 0 Å². The molecule has 0 bridgehead atoms. The summed E-state index contributed by atoms with van der Waals surface area (Å²) in [4.78, 5) is 4.46. The average molecular weight is 861 g/mol. The zero-order chi connectivity index (χ0) is 43.4. The van der Waals surface area contributed by atoms with Crippen molar-refractivity contribution in [2.45, 2.75) is 19.6 Å². The normalized spacial score (nSPS) is 11.8. The molecule has 0 atom stereocenters. The first-order chi connectivity index (χ1) is 31.3. The van der Waals surface area contributed by atoms with E-state index in [0.717, 1.165) is 56.1 Å². The molecule has 0 spiro atoms. The van der Waals surface area contributed by atoms with Crippen molar-refractivity contribution in [3.8, 4) is 22.3 Å². The van der Waals surface area contributed by atoms with Gasteiger partial charge in [-0.15, -0.1) is 11.3 Å². The lowest BCUT2D eigenvalue weighted by Gasteiger charge is -2.29. The number of hydrogen-bond donors (Lipinski definition) is 0. The van der Waals surface area contributed by atoms with Gasteiger partial charge in [0.05, 0.1) is 13.8 Å². The molecule has 0 amide bonds. The molecule has 0 aliphatic heterocycles. The topological polar surface area (TPSA) is 6.48 Å². The summed E-state index contributed by atoms with van der Waals surface area (Å²) < 4.78 is 19.8. The number of hydrogen-bond acceptors (Lipinski definition) is 3. The van der Waals surface area contributed by atoms with Crippen LogP contribution in [0.4, 0.5) is 38.5 Å². The van der Waals surface area contributed by atoms with Gasteiger partial charge in [-0.2, -0.15) is 0 Å². The number of anilines is 6. The number of benzene rings is 10. The molecule has 0 saturated carbocycles. The highest BCUT2D eigenvalue weighted by atomic mass is 32.1. The molecule has 2 nitrogen and oxygen atoms in total. The quantitative estimate of drug-likeness (QED) is 0.105. The Morgan fingerprint density at radius 1 is 0.391 bits per heavy atom. The summed E-state index contributed by atoms with van der Waals surface area (Å²) in [6.07, 6.45) is 0. The Kier molecular flexibility index (Phi) is 9.95. The molecule has 0 fully saturated rings. The first kappa shape index (κ1) is 39.5. The Hall–Kier alpha value is -7.31. The van der Waals surface area contributed by atoms with Crippen LogP contribution in [0, 0.1) is 5.82 Å². The molecular formula is C59H45FN2SSi. The maximum atomic E-state index is 17.3. The fourth-order valence-electron chi connectivity index (χ4n) is 9.29. The van der Waals surface area contributed by atoms with Crippen molar-refractivity contribution in [3.05, 3.63) is 224 Å². The zero-order valence-electron chi connectivity index (χ0n) is 36.0. The van der Waals surface area contributed by atoms with Crippen LogP contribution in [0.15, 0.2) is 218 Å². The molecule has 1 heterocycles. The minimum atomic E-state index is -1.46. The Morgan fingerprint density at radius 2 is 0.906 bits per heavy atom. The highest BCUT2D eigenvalue weighted by Crippen LogP contribution is 2.49. The van der Waals surface area contributed by atoms with E-state index in [0.29, 0.717) is 5.69 Å². The van der Waals surface area contributed by atoms with E-state index in [-0.39, 0.29) is 5.82 Å². The van der Waals surface area contributed by atoms with Crippen LogP contribution in [0.5, 0.6) is 0 Å². The number of thiophene rings is 1. The van der Waals surface area contributed by atoms with Crippen LogP contribution in [0.3, 0.4) is 0 Å². The largest absolute Gasteiger partial charge is 0.310 e. The summed E-state index contributed by atoms with van der Waals surface area (Å²) in [5.41, 5.74) is 9.22. The molecule has 64 heavy (non-hydrogen) atoms. The van der Waals surface area contributed by atoms with E-state index in [1.807, 2.05) is 78.1 Å². The summed E-state index contributed by atoms with van der Waals surface area (Å²) in [6.45, 7) is 7.19. The van der Waals surface area contributed by atoms with Gasteiger partial charge < -0.3 is 9.80 Å². The molecule has 10 aromatic carbocycles. The third kappa shape index (κ3) is 7.03. The lowest BCUT2D eigenvalue weighted by atomic mass is 9.94. The molecule has 0 aliphatic carbocycles. The van der Waals surface area contributed by atoms with E-state index in [9.17, 15) is 0 Å². The average Bonchev–Trinajstić information content (AvgIpc) is 3.73. The van der Waals surface area contributed by atoms with Crippen LogP contribution in [-0.2, 0) is 0 Å². The molecule has 11 rings (SSSR count). The molecule has 11 aromatic rings. The minimum absolute atomic E-state index is 0.290. The predicted octanol–water partition coefficient (Wildman–Crippen LogP) is 17.3. The Labute approximate surface area is 378 Å². The van der Waals surface area contributed by atoms with Gasteiger partial charge in [-0.3, -0.25) is 0 Å². The highest BCUT2D eigenvalue weighted by molar-refractivity contribution is 7.27. The van der Waals surface area contributed by atoms with Gasteiger partial charge in [-0.25, -0.2) is 4.39 Å². The second-order valence-electron chi connectivity index (χ2n) is 17.5. The summed E-state index contributed by atoms with van der Waals surface area (Å²) in [5, 5.41) is 8.63. The fourth-order valence-corrected chi connectivity index (χ4v) is 11.7. The number of para-hydroxylation sites is 2. The van der Waals surface area contributed by atoms with Crippen molar-refractivity contribution in [1.29, 1.82) is 0 Å². The molecule has 0 aliphatic rings. The van der Waals surface area contributed by atoms with Gasteiger partial charge in [0.15, 0.2) is 0 Å². The lowest BCUT2D eigenvalue weighted by Crippen LogP contribution is -2.37. The highest BCUT2D eigenvalue weighted by Gasteiger charge is 2.25. The minimum Gasteiger partial charge on any atom is -0.310 e. The van der Waals surface area contributed by atoms with Crippen LogP contribution in [0.1, 0.15) is 0 Å². The Bertz CT molecular complexity index is 3470. The predicted molar refractivity (Wildman–Crippen MR) is 278 cm³/mol. The van der Waals surface area contributed by atoms with Crippen LogP contribution >= 0.6 is 11.3 Å². The van der Waals surface area contributed by atoms with E-state index in [4.69, 9.17) is 0 Å². The summed E-state index contributed by atoms with van der Waals surface area (Å²) in [5.74, 6) is -0.290. The van der Waals surface area contributed by atoms with Crippen molar-refractivity contribution in [3.63, 3.8) is 0 Å². The Balaban J connectivity index is 1.11. The van der Waals surface area contributed by atoms with Crippen LogP contribution in [-0.4, -0.2) is 8.07 Å². The van der Waals surface area contributed by atoms with Gasteiger partial charge in [0, 0.05) is 59.6 Å². The smallest absolute Gasteiger partial charge is 0.148 e. The van der Waals surface area contributed by atoms with Crippen LogP contribution < -0.4 is 15.0 Å². The number of fused-ring (bicyclic) bond motifs is 8.